The Morgan fingerprint density at radius 3 is 2.83 bits per heavy atom. The SMILES string of the molecule is CN(CC1CCCO1)C1CNC1. The van der Waals surface area contributed by atoms with E-state index in [-0.39, 0.29) is 0 Å². The lowest BCUT2D eigenvalue weighted by molar-refractivity contribution is 0.0581. The molecule has 2 saturated heterocycles. The van der Waals surface area contributed by atoms with Gasteiger partial charge in [-0.1, -0.05) is 0 Å². The van der Waals surface area contributed by atoms with E-state index in [4.69, 9.17) is 4.74 Å². The fraction of sp³-hybridized carbons (Fsp3) is 1.00. The second-order valence-corrected chi connectivity index (χ2v) is 3.89. The maximum Gasteiger partial charge on any atom is 0.0702 e. The minimum absolute atomic E-state index is 0.510. The van der Waals surface area contributed by atoms with Crippen molar-refractivity contribution in [3.8, 4) is 0 Å². The van der Waals surface area contributed by atoms with Crippen LogP contribution in [0.1, 0.15) is 12.8 Å². The van der Waals surface area contributed by atoms with Gasteiger partial charge >= 0.3 is 0 Å². The highest BCUT2D eigenvalue weighted by Crippen LogP contribution is 2.14. The monoisotopic (exact) mass is 170 g/mol. The van der Waals surface area contributed by atoms with E-state index in [9.17, 15) is 0 Å². The first-order valence-electron chi connectivity index (χ1n) is 4.89. The van der Waals surface area contributed by atoms with E-state index >= 15 is 0 Å². The fourth-order valence-corrected chi connectivity index (χ4v) is 1.84. The smallest absolute Gasteiger partial charge is 0.0702 e. The lowest BCUT2D eigenvalue weighted by atomic mass is 10.1. The molecule has 0 spiro atoms. The van der Waals surface area contributed by atoms with E-state index in [1.165, 1.54) is 12.8 Å². The van der Waals surface area contributed by atoms with Gasteiger partial charge in [0, 0.05) is 32.3 Å². The molecule has 2 fully saturated rings. The maximum atomic E-state index is 5.58. The second kappa shape index (κ2) is 3.73. The highest BCUT2D eigenvalue weighted by molar-refractivity contribution is 4.84. The Morgan fingerprint density at radius 2 is 2.33 bits per heavy atom. The number of likely N-dealkylation sites (N-methyl/N-ethyl adjacent to an activating group) is 1. The number of nitrogens with one attached hydrogen (secondary N) is 1. The first-order chi connectivity index (χ1) is 5.86. The van der Waals surface area contributed by atoms with Gasteiger partial charge in [0.05, 0.1) is 6.10 Å². The van der Waals surface area contributed by atoms with Crippen LogP contribution in [0.3, 0.4) is 0 Å². The number of nitrogens with zero attached hydrogens (tertiary/aromatic N) is 1. The Labute approximate surface area is 74.1 Å². The molecule has 0 saturated carbocycles. The molecule has 0 radical (unpaired) electrons. The highest BCUT2D eigenvalue weighted by Gasteiger charge is 2.25. The Bertz CT molecular complexity index is 141. The average molecular weight is 170 g/mol. The molecule has 1 N–H and O–H groups in total. The number of hydrogen-bond donors (Lipinski definition) is 1. The van der Waals surface area contributed by atoms with Gasteiger partial charge in [-0.05, 0) is 19.9 Å². The summed E-state index contributed by atoms with van der Waals surface area (Å²) in [6, 6.07) is 0.759. The molecule has 0 bridgehead atoms. The summed E-state index contributed by atoms with van der Waals surface area (Å²) in [6.07, 6.45) is 3.02. The summed E-state index contributed by atoms with van der Waals surface area (Å²) in [6.45, 7) is 4.40. The molecule has 0 aliphatic carbocycles. The van der Waals surface area contributed by atoms with Crippen LogP contribution in [0.2, 0.25) is 0 Å². The maximum absolute atomic E-state index is 5.58. The lowest BCUT2D eigenvalue weighted by Gasteiger charge is -2.36. The first kappa shape index (κ1) is 8.48. The summed E-state index contributed by atoms with van der Waals surface area (Å²) in [5, 5.41) is 3.28. The predicted octanol–water partition coefficient (Wildman–Crippen LogP) is 0.0690. The number of rotatable bonds is 3. The van der Waals surface area contributed by atoms with Crippen molar-refractivity contribution in [2.45, 2.75) is 25.0 Å². The third kappa shape index (κ3) is 1.79. The molecular formula is C9H18N2O. The second-order valence-electron chi connectivity index (χ2n) is 3.89. The molecule has 2 rings (SSSR count). The molecule has 0 aromatic rings. The van der Waals surface area contributed by atoms with E-state index in [2.05, 4.69) is 17.3 Å². The third-order valence-electron chi connectivity index (χ3n) is 2.90. The quantitative estimate of drug-likeness (QED) is 0.648. The zero-order valence-corrected chi connectivity index (χ0v) is 7.75. The molecular weight excluding hydrogens is 152 g/mol. The molecule has 2 aliphatic heterocycles. The Balaban J connectivity index is 1.69. The van der Waals surface area contributed by atoms with Crippen LogP contribution in [-0.2, 0) is 4.74 Å². The van der Waals surface area contributed by atoms with Crippen molar-refractivity contribution in [2.24, 2.45) is 0 Å². The topological polar surface area (TPSA) is 24.5 Å². The van der Waals surface area contributed by atoms with Crippen LogP contribution in [0, 0.1) is 0 Å². The Morgan fingerprint density at radius 1 is 1.50 bits per heavy atom. The molecule has 12 heavy (non-hydrogen) atoms. The van der Waals surface area contributed by atoms with E-state index < -0.39 is 0 Å². The molecule has 1 atom stereocenters. The van der Waals surface area contributed by atoms with Gasteiger partial charge in [0.1, 0.15) is 0 Å². The molecule has 3 heteroatoms. The summed E-state index contributed by atoms with van der Waals surface area (Å²) >= 11 is 0. The predicted molar refractivity (Wildman–Crippen MR) is 48.3 cm³/mol. The third-order valence-corrected chi connectivity index (χ3v) is 2.90. The molecule has 0 amide bonds. The van der Waals surface area contributed by atoms with Crippen LogP contribution >= 0.6 is 0 Å². The Hall–Kier alpha value is -0.120. The standard InChI is InChI=1S/C9H18N2O/c1-11(8-5-10-6-8)7-9-3-2-4-12-9/h8-10H,2-7H2,1H3. The van der Waals surface area contributed by atoms with E-state index in [0.717, 1.165) is 32.3 Å². The van der Waals surface area contributed by atoms with Crippen molar-refractivity contribution in [1.82, 2.24) is 10.2 Å². The van der Waals surface area contributed by atoms with Gasteiger partial charge in [-0.25, -0.2) is 0 Å². The highest BCUT2D eigenvalue weighted by atomic mass is 16.5. The largest absolute Gasteiger partial charge is 0.377 e. The summed E-state index contributed by atoms with van der Waals surface area (Å²) in [5.41, 5.74) is 0. The minimum Gasteiger partial charge on any atom is -0.377 e. The summed E-state index contributed by atoms with van der Waals surface area (Å²) < 4.78 is 5.58. The molecule has 2 heterocycles. The van der Waals surface area contributed by atoms with Gasteiger partial charge in [-0.2, -0.15) is 0 Å². The van der Waals surface area contributed by atoms with Gasteiger partial charge in [0.25, 0.3) is 0 Å². The van der Waals surface area contributed by atoms with Crippen LogP contribution in [-0.4, -0.2) is 50.3 Å². The van der Waals surface area contributed by atoms with Crippen LogP contribution < -0.4 is 5.32 Å². The summed E-state index contributed by atoms with van der Waals surface area (Å²) in [5.74, 6) is 0. The zero-order chi connectivity index (χ0) is 8.39. The van der Waals surface area contributed by atoms with Gasteiger partial charge in [-0.3, -0.25) is 4.90 Å². The summed E-state index contributed by atoms with van der Waals surface area (Å²) in [7, 11) is 2.20. The summed E-state index contributed by atoms with van der Waals surface area (Å²) in [4.78, 5) is 2.42. The molecule has 3 nitrogen and oxygen atoms in total. The van der Waals surface area contributed by atoms with Gasteiger partial charge < -0.3 is 10.1 Å². The van der Waals surface area contributed by atoms with E-state index in [1.54, 1.807) is 0 Å². The molecule has 70 valence electrons. The number of ether oxygens (including phenoxy) is 1. The molecule has 0 aromatic heterocycles. The van der Waals surface area contributed by atoms with Crippen molar-refractivity contribution >= 4 is 0 Å². The van der Waals surface area contributed by atoms with Crippen molar-refractivity contribution in [3.63, 3.8) is 0 Å². The van der Waals surface area contributed by atoms with E-state index in [1.807, 2.05) is 0 Å². The molecule has 0 aromatic carbocycles. The molecule has 2 aliphatic rings. The van der Waals surface area contributed by atoms with Crippen molar-refractivity contribution < 1.29 is 4.74 Å². The zero-order valence-electron chi connectivity index (χ0n) is 7.75. The average Bonchev–Trinajstić information content (AvgIpc) is 2.34. The van der Waals surface area contributed by atoms with Gasteiger partial charge in [0.15, 0.2) is 0 Å². The van der Waals surface area contributed by atoms with Gasteiger partial charge in [0.2, 0.25) is 0 Å². The molecule has 1 unspecified atom stereocenters. The normalized spacial score (nSPS) is 31.0. The Kier molecular flexibility index (Phi) is 2.63. The van der Waals surface area contributed by atoms with Crippen molar-refractivity contribution in [1.29, 1.82) is 0 Å². The number of hydrogen-bond acceptors (Lipinski definition) is 3. The van der Waals surface area contributed by atoms with Crippen LogP contribution in [0.25, 0.3) is 0 Å². The van der Waals surface area contributed by atoms with Crippen LogP contribution in [0.15, 0.2) is 0 Å². The van der Waals surface area contributed by atoms with Crippen molar-refractivity contribution in [2.75, 3.05) is 33.3 Å². The minimum atomic E-state index is 0.510. The van der Waals surface area contributed by atoms with Gasteiger partial charge in [-0.15, -0.1) is 0 Å². The lowest BCUT2D eigenvalue weighted by Crippen LogP contribution is -2.57. The first-order valence-corrected chi connectivity index (χ1v) is 4.89. The fourth-order valence-electron chi connectivity index (χ4n) is 1.84. The van der Waals surface area contributed by atoms with Crippen molar-refractivity contribution in [3.05, 3.63) is 0 Å². The van der Waals surface area contributed by atoms with Crippen LogP contribution in [0.4, 0.5) is 0 Å². The van der Waals surface area contributed by atoms with E-state index in [0.29, 0.717) is 6.10 Å². The van der Waals surface area contributed by atoms with Crippen LogP contribution in [0.5, 0.6) is 0 Å².